The zero-order chi connectivity index (χ0) is 13.3. The summed E-state index contributed by atoms with van der Waals surface area (Å²) in [5.41, 5.74) is 3.22. The summed E-state index contributed by atoms with van der Waals surface area (Å²) in [7, 11) is 0. The maximum absolute atomic E-state index is 12.1. The Labute approximate surface area is 119 Å². The Hall–Kier alpha value is -0.770. The highest BCUT2D eigenvalue weighted by molar-refractivity contribution is 6.30. The van der Waals surface area contributed by atoms with Gasteiger partial charge in [-0.25, -0.2) is 4.79 Å². The number of rotatable bonds is 2. The van der Waals surface area contributed by atoms with E-state index in [1.54, 1.807) is 25.1 Å². The van der Waals surface area contributed by atoms with Crippen molar-refractivity contribution in [2.45, 2.75) is 38.8 Å². The van der Waals surface area contributed by atoms with Gasteiger partial charge >= 0.3 is 5.97 Å². The molecule has 0 fully saturated rings. The third kappa shape index (κ3) is 4.48. The van der Waals surface area contributed by atoms with E-state index in [0.717, 1.165) is 5.56 Å². The van der Waals surface area contributed by atoms with Gasteiger partial charge in [0.15, 0.2) is 0 Å². The molecule has 0 aromatic heterocycles. The highest BCUT2D eigenvalue weighted by Crippen LogP contribution is 2.23. The van der Waals surface area contributed by atoms with E-state index in [1.165, 1.54) is 0 Å². The predicted molar refractivity (Wildman–Crippen MR) is 67.5 cm³/mol. The first kappa shape index (κ1) is 17.2. The minimum Gasteiger partial charge on any atom is -1.00 e. The van der Waals surface area contributed by atoms with Crippen molar-refractivity contribution in [3.05, 3.63) is 34.9 Å². The van der Waals surface area contributed by atoms with Crippen molar-refractivity contribution in [3.8, 4) is 0 Å². The molecule has 0 bridgehead atoms. The van der Waals surface area contributed by atoms with E-state index in [0.29, 0.717) is 5.02 Å². The van der Waals surface area contributed by atoms with Crippen LogP contribution in [-0.4, -0.2) is 11.6 Å². The van der Waals surface area contributed by atoms with Crippen LogP contribution in [0.25, 0.3) is 0 Å². The van der Waals surface area contributed by atoms with Gasteiger partial charge in [-0.05, 0) is 32.9 Å². The summed E-state index contributed by atoms with van der Waals surface area (Å²) < 4.78 is 5.35. The summed E-state index contributed by atoms with van der Waals surface area (Å²) in [5, 5.41) is 0.584. The number of carbonyl (C=O) groups excluding carboxylic acids is 1. The lowest BCUT2D eigenvalue weighted by Gasteiger charge is -2.26. The van der Waals surface area contributed by atoms with Crippen LogP contribution in [0.4, 0.5) is 0 Å². The summed E-state index contributed by atoms with van der Waals surface area (Å²) in [5.74, 6) is -0.354. The molecule has 0 aliphatic heterocycles. The lowest BCUT2D eigenvalue weighted by Crippen LogP contribution is -3.00. The van der Waals surface area contributed by atoms with Crippen LogP contribution in [0, 0.1) is 0 Å². The molecule has 0 heterocycles. The second-order valence-corrected chi connectivity index (χ2v) is 5.78. The molecule has 0 radical (unpaired) electrons. The zero-order valence-electron chi connectivity index (χ0n) is 11.1. The van der Waals surface area contributed by atoms with Gasteiger partial charge in [-0.1, -0.05) is 23.7 Å². The second-order valence-electron chi connectivity index (χ2n) is 5.34. The molecule has 0 amide bonds. The van der Waals surface area contributed by atoms with E-state index in [-0.39, 0.29) is 18.4 Å². The fourth-order valence-corrected chi connectivity index (χ4v) is 1.53. The highest BCUT2D eigenvalue weighted by Gasteiger charge is 2.39. The average molecular weight is 292 g/mol. The maximum atomic E-state index is 12.1. The Morgan fingerprint density at radius 2 is 1.83 bits per heavy atom. The first-order valence-electron chi connectivity index (χ1n) is 5.48. The van der Waals surface area contributed by atoms with Crippen LogP contribution < -0.4 is 18.1 Å². The Bertz CT molecular complexity index is 425. The lowest BCUT2D eigenvalue weighted by molar-refractivity contribution is -0.466. The number of halogens is 2. The minimum absolute atomic E-state index is 0. The fraction of sp³-hybridized carbons (Fsp3) is 0.462. The Kier molecular flexibility index (Phi) is 5.66. The van der Waals surface area contributed by atoms with Gasteiger partial charge in [0.1, 0.15) is 5.60 Å². The Morgan fingerprint density at radius 3 is 2.28 bits per heavy atom. The largest absolute Gasteiger partial charge is 1.00 e. The normalized spacial score (nSPS) is 14.3. The van der Waals surface area contributed by atoms with Crippen LogP contribution in [0.3, 0.4) is 0 Å². The molecular formula is C13H19Cl2NO2. The molecule has 1 aromatic carbocycles. The van der Waals surface area contributed by atoms with Gasteiger partial charge in [0.2, 0.25) is 5.54 Å². The SMILES string of the molecule is CC(C)(C)OC(=O)C(C)([NH3+])c1cccc(Cl)c1.[Cl-]. The zero-order valence-corrected chi connectivity index (χ0v) is 12.6. The van der Waals surface area contributed by atoms with Crippen LogP contribution in [0.15, 0.2) is 24.3 Å². The van der Waals surface area contributed by atoms with Crippen LogP contribution >= 0.6 is 11.6 Å². The van der Waals surface area contributed by atoms with E-state index >= 15 is 0 Å². The molecule has 3 nitrogen and oxygen atoms in total. The van der Waals surface area contributed by atoms with Crippen LogP contribution in [0.1, 0.15) is 33.3 Å². The third-order valence-corrected chi connectivity index (χ3v) is 2.55. The van der Waals surface area contributed by atoms with Crippen molar-refractivity contribution in [2.24, 2.45) is 0 Å². The topological polar surface area (TPSA) is 53.9 Å². The summed E-state index contributed by atoms with van der Waals surface area (Å²) in [6.07, 6.45) is 0. The van der Waals surface area contributed by atoms with Crippen molar-refractivity contribution in [1.29, 1.82) is 0 Å². The Balaban J connectivity index is 0.00000289. The van der Waals surface area contributed by atoms with Crippen LogP contribution in [0.2, 0.25) is 5.02 Å². The molecule has 0 aliphatic carbocycles. The standard InChI is InChI=1S/C13H18ClNO2.ClH/c1-12(2,3)17-11(16)13(4,15)9-6-5-7-10(14)8-9;/h5-8H,15H2,1-4H3;1H. The molecule has 18 heavy (non-hydrogen) atoms. The molecule has 3 N–H and O–H groups in total. The van der Waals surface area contributed by atoms with Gasteiger partial charge in [0, 0.05) is 17.5 Å². The molecule has 102 valence electrons. The number of carbonyl (C=O) groups is 1. The highest BCUT2D eigenvalue weighted by atomic mass is 35.5. The summed E-state index contributed by atoms with van der Waals surface area (Å²) >= 11 is 5.91. The average Bonchev–Trinajstić information content (AvgIpc) is 2.15. The third-order valence-electron chi connectivity index (χ3n) is 2.31. The van der Waals surface area contributed by atoms with Crippen molar-refractivity contribution in [1.82, 2.24) is 0 Å². The number of esters is 1. The molecule has 0 spiro atoms. The van der Waals surface area contributed by atoms with Gasteiger partial charge in [0.05, 0.1) is 0 Å². The maximum Gasteiger partial charge on any atom is 0.373 e. The number of hydrogen-bond donors (Lipinski definition) is 1. The quantitative estimate of drug-likeness (QED) is 0.722. The molecule has 0 saturated heterocycles. The molecule has 1 unspecified atom stereocenters. The van der Waals surface area contributed by atoms with Gasteiger partial charge in [-0.2, -0.15) is 0 Å². The van der Waals surface area contributed by atoms with Crippen LogP contribution in [0.5, 0.6) is 0 Å². The smallest absolute Gasteiger partial charge is 0.373 e. The molecule has 0 aliphatic rings. The lowest BCUT2D eigenvalue weighted by atomic mass is 9.93. The fourth-order valence-electron chi connectivity index (χ4n) is 1.34. The predicted octanol–water partition coefficient (Wildman–Crippen LogP) is -0.857. The first-order chi connectivity index (χ1) is 7.63. The second kappa shape index (κ2) is 5.91. The summed E-state index contributed by atoms with van der Waals surface area (Å²) in [6, 6.07) is 7.11. The van der Waals surface area contributed by atoms with Gasteiger partial charge < -0.3 is 22.9 Å². The van der Waals surface area contributed by atoms with Crippen molar-refractivity contribution in [2.75, 3.05) is 0 Å². The molecule has 5 heteroatoms. The molecule has 1 rings (SSSR count). The molecule has 1 atom stereocenters. The van der Waals surface area contributed by atoms with E-state index in [4.69, 9.17) is 16.3 Å². The molecular weight excluding hydrogens is 273 g/mol. The van der Waals surface area contributed by atoms with Gasteiger partial charge in [-0.3, -0.25) is 0 Å². The van der Waals surface area contributed by atoms with Gasteiger partial charge in [0.25, 0.3) is 0 Å². The minimum atomic E-state index is -0.946. The monoisotopic (exact) mass is 291 g/mol. The molecule has 1 aromatic rings. The first-order valence-corrected chi connectivity index (χ1v) is 5.85. The van der Waals surface area contributed by atoms with Gasteiger partial charge in [-0.15, -0.1) is 0 Å². The van der Waals surface area contributed by atoms with E-state index < -0.39 is 11.1 Å². The number of quaternary nitrogens is 1. The van der Waals surface area contributed by atoms with E-state index in [2.05, 4.69) is 5.73 Å². The Morgan fingerprint density at radius 1 is 1.28 bits per heavy atom. The van der Waals surface area contributed by atoms with Crippen molar-refractivity contribution >= 4 is 17.6 Å². The van der Waals surface area contributed by atoms with Crippen LogP contribution in [-0.2, 0) is 15.1 Å². The number of ether oxygens (including phenoxy) is 1. The van der Waals surface area contributed by atoms with E-state index in [9.17, 15) is 4.79 Å². The van der Waals surface area contributed by atoms with E-state index in [1.807, 2.05) is 26.8 Å². The molecule has 0 saturated carbocycles. The summed E-state index contributed by atoms with van der Waals surface area (Å²) in [6.45, 7) is 7.23. The van der Waals surface area contributed by atoms with Crippen molar-refractivity contribution in [3.63, 3.8) is 0 Å². The number of hydrogen-bond acceptors (Lipinski definition) is 2. The summed E-state index contributed by atoms with van der Waals surface area (Å²) in [4.78, 5) is 12.1. The number of benzene rings is 1. The van der Waals surface area contributed by atoms with Crippen molar-refractivity contribution < 1.29 is 27.7 Å².